The lowest BCUT2D eigenvalue weighted by atomic mass is 10.1. The quantitative estimate of drug-likeness (QED) is 0.893. The largest absolute Gasteiger partial charge is 0.334 e. The van der Waals surface area contributed by atoms with Gasteiger partial charge in [-0.15, -0.1) is 0 Å². The molecule has 1 aliphatic rings. The summed E-state index contributed by atoms with van der Waals surface area (Å²) in [7, 11) is 0. The van der Waals surface area contributed by atoms with Crippen molar-refractivity contribution >= 4 is 23.3 Å². The predicted octanol–water partition coefficient (Wildman–Crippen LogP) is 3.58. The molecule has 1 heterocycles. The highest BCUT2D eigenvalue weighted by Crippen LogP contribution is 2.27. The van der Waals surface area contributed by atoms with Crippen molar-refractivity contribution in [2.45, 2.75) is 26.3 Å². The highest BCUT2D eigenvalue weighted by atomic mass is 19.1. The van der Waals surface area contributed by atoms with E-state index in [1.54, 1.807) is 23.1 Å². The Bertz CT molecular complexity index is 790. The SMILES string of the molecule is Cc1cc(NC(=O)NCc2ccc(F)cc2)ccc1N1CCCC1=O. The first-order valence-electron chi connectivity index (χ1n) is 8.23. The van der Waals surface area contributed by atoms with Gasteiger partial charge in [0.25, 0.3) is 0 Å². The highest BCUT2D eigenvalue weighted by molar-refractivity contribution is 5.96. The van der Waals surface area contributed by atoms with Crippen molar-refractivity contribution in [2.24, 2.45) is 0 Å². The second-order valence-corrected chi connectivity index (χ2v) is 6.08. The van der Waals surface area contributed by atoms with Gasteiger partial charge in [0.15, 0.2) is 0 Å². The molecule has 2 aromatic carbocycles. The molecule has 0 aromatic heterocycles. The molecule has 3 rings (SSSR count). The van der Waals surface area contributed by atoms with Gasteiger partial charge in [-0.25, -0.2) is 9.18 Å². The Morgan fingerprint density at radius 2 is 1.96 bits per heavy atom. The number of carbonyl (C=O) groups is 2. The number of hydrogen-bond donors (Lipinski definition) is 2. The average Bonchev–Trinajstić information content (AvgIpc) is 3.00. The number of nitrogens with one attached hydrogen (secondary N) is 2. The van der Waals surface area contributed by atoms with Crippen LogP contribution in [0.2, 0.25) is 0 Å². The average molecular weight is 341 g/mol. The first-order chi connectivity index (χ1) is 12.0. The molecular weight excluding hydrogens is 321 g/mol. The first-order valence-corrected chi connectivity index (χ1v) is 8.23. The van der Waals surface area contributed by atoms with Crippen LogP contribution in [0.1, 0.15) is 24.0 Å². The summed E-state index contributed by atoms with van der Waals surface area (Å²) in [5.41, 5.74) is 3.30. The van der Waals surface area contributed by atoms with E-state index in [4.69, 9.17) is 0 Å². The third-order valence-electron chi connectivity index (χ3n) is 4.19. The van der Waals surface area contributed by atoms with Gasteiger partial charge in [0.05, 0.1) is 0 Å². The van der Waals surface area contributed by atoms with Gasteiger partial charge in [-0.2, -0.15) is 0 Å². The monoisotopic (exact) mass is 341 g/mol. The molecule has 1 saturated heterocycles. The molecule has 3 amide bonds. The van der Waals surface area contributed by atoms with Crippen LogP contribution in [-0.4, -0.2) is 18.5 Å². The van der Waals surface area contributed by atoms with Crippen molar-refractivity contribution in [1.29, 1.82) is 0 Å². The van der Waals surface area contributed by atoms with Crippen LogP contribution in [0, 0.1) is 12.7 Å². The fraction of sp³-hybridized carbons (Fsp3) is 0.263. The summed E-state index contributed by atoms with van der Waals surface area (Å²) in [4.78, 5) is 25.6. The number of anilines is 2. The summed E-state index contributed by atoms with van der Waals surface area (Å²) in [5.74, 6) is -0.166. The standard InChI is InChI=1S/C19H20FN3O2/c1-13-11-16(8-9-17(13)23-10-2-3-18(23)24)22-19(25)21-12-14-4-6-15(20)7-5-14/h4-9,11H,2-3,10,12H2,1H3,(H2,21,22,25). The highest BCUT2D eigenvalue weighted by Gasteiger charge is 2.22. The second-order valence-electron chi connectivity index (χ2n) is 6.08. The van der Waals surface area contributed by atoms with Gasteiger partial charge in [0.1, 0.15) is 5.82 Å². The number of carbonyl (C=O) groups excluding carboxylic acids is 2. The maximum Gasteiger partial charge on any atom is 0.319 e. The zero-order chi connectivity index (χ0) is 17.8. The lowest BCUT2D eigenvalue weighted by Crippen LogP contribution is -2.28. The number of aryl methyl sites for hydroxylation is 1. The molecule has 0 radical (unpaired) electrons. The number of urea groups is 1. The van der Waals surface area contributed by atoms with Gasteiger partial charge in [-0.3, -0.25) is 4.79 Å². The van der Waals surface area contributed by atoms with E-state index >= 15 is 0 Å². The van der Waals surface area contributed by atoms with Gasteiger partial charge in [-0.1, -0.05) is 12.1 Å². The molecule has 0 saturated carbocycles. The van der Waals surface area contributed by atoms with Gasteiger partial charge >= 0.3 is 6.03 Å². The van der Waals surface area contributed by atoms with Gasteiger partial charge in [0.2, 0.25) is 5.91 Å². The first kappa shape index (κ1) is 17.0. The van der Waals surface area contributed by atoms with Crippen molar-refractivity contribution in [3.05, 3.63) is 59.4 Å². The smallest absolute Gasteiger partial charge is 0.319 e. The molecule has 0 atom stereocenters. The third kappa shape index (κ3) is 4.15. The van der Waals surface area contributed by atoms with Crippen LogP contribution in [0.3, 0.4) is 0 Å². The van der Waals surface area contributed by atoms with Crippen molar-refractivity contribution in [3.8, 4) is 0 Å². The summed E-state index contributed by atoms with van der Waals surface area (Å²) in [5, 5.41) is 5.49. The Morgan fingerprint density at radius 3 is 2.60 bits per heavy atom. The molecule has 130 valence electrons. The Balaban J connectivity index is 1.58. The van der Waals surface area contributed by atoms with E-state index in [2.05, 4.69) is 10.6 Å². The molecule has 25 heavy (non-hydrogen) atoms. The van der Waals surface area contributed by atoms with E-state index in [-0.39, 0.29) is 17.8 Å². The van der Waals surface area contributed by atoms with Crippen LogP contribution in [-0.2, 0) is 11.3 Å². The molecular formula is C19H20FN3O2. The van der Waals surface area contributed by atoms with E-state index < -0.39 is 0 Å². The fourth-order valence-electron chi connectivity index (χ4n) is 2.90. The lowest BCUT2D eigenvalue weighted by Gasteiger charge is -2.19. The molecule has 0 aliphatic carbocycles. The molecule has 0 bridgehead atoms. The summed E-state index contributed by atoms with van der Waals surface area (Å²) in [6.07, 6.45) is 1.47. The van der Waals surface area contributed by atoms with Crippen LogP contribution in [0.15, 0.2) is 42.5 Å². The number of halogens is 1. The molecule has 2 N–H and O–H groups in total. The van der Waals surface area contributed by atoms with Crippen LogP contribution < -0.4 is 15.5 Å². The van der Waals surface area contributed by atoms with Crippen LogP contribution in [0.4, 0.5) is 20.6 Å². The van der Waals surface area contributed by atoms with Crippen molar-refractivity contribution in [3.63, 3.8) is 0 Å². The van der Waals surface area contributed by atoms with Crippen molar-refractivity contribution < 1.29 is 14.0 Å². The predicted molar refractivity (Wildman–Crippen MR) is 95.0 cm³/mol. The maximum absolute atomic E-state index is 12.9. The number of nitrogens with zero attached hydrogens (tertiary/aromatic N) is 1. The summed E-state index contributed by atoms with van der Waals surface area (Å²) >= 11 is 0. The van der Waals surface area contributed by atoms with E-state index in [1.165, 1.54) is 12.1 Å². The van der Waals surface area contributed by atoms with E-state index in [1.807, 2.05) is 19.1 Å². The second kappa shape index (κ2) is 7.34. The van der Waals surface area contributed by atoms with Gasteiger partial charge in [0, 0.05) is 30.9 Å². The fourth-order valence-corrected chi connectivity index (χ4v) is 2.90. The van der Waals surface area contributed by atoms with Crippen molar-refractivity contribution in [2.75, 3.05) is 16.8 Å². The molecule has 1 fully saturated rings. The summed E-state index contributed by atoms with van der Waals surface area (Å²) in [6, 6.07) is 11.1. The third-order valence-corrected chi connectivity index (χ3v) is 4.19. The minimum absolute atomic E-state index is 0.140. The summed E-state index contributed by atoms with van der Waals surface area (Å²) < 4.78 is 12.9. The normalized spacial score (nSPS) is 13.8. The number of amides is 3. The Kier molecular flexibility index (Phi) is 4.97. The van der Waals surface area contributed by atoms with Crippen molar-refractivity contribution in [1.82, 2.24) is 5.32 Å². The zero-order valence-electron chi connectivity index (χ0n) is 14.0. The molecule has 2 aromatic rings. The molecule has 6 heteroatoms. The Hall–Kier alpha value is -2.89. The van der Waals surface area contributed by atoms with Crippen LogP contribution in [0.5, 0.6) is 0 Å². The molecule has 0 spiro atoms. The topological polar surface area (TPSA) is 61.4 Å². The molecule has 5 nitrogen and oxygen atoms in total. The Labute approximate surface area is 145 Å². The van der Waals surface area contributed by atoms with E-state index in [0.29, 0.717) is 18.7 Å². The van der Waals surface area contributed by atoms with E-state index in [0.717, 1.165) is 29.8 Å². The number of benzene rings is 2. The number of rotatable bonds is 4. The lowest BCUT2D eigenvalue weighted by molar-refractivity contribution is -0.117. The van der Waals surface area contributed by atoms with E-state index in [9.17, 15) is 14.0 Å². The van der Waals surface area contributed by atoms with Crippen LogP contribution in [0.25, 0.3) is 0 Å². The minimum Gasteiger partial charge on any atom is -0.334 e. The maximum atomic E-state index is 12.9. The van der Waals surface area contributed by atoms with Crippen LogP contribution >= 0.6 is 0 Å². The minimum atomic E-state index is -0.339. The molecule has 1 aliphatic heterocycles. The Morgan fingerprint density at radius 1 is 1.20 bits per heavy atom. The summed E-state index contributed by atoms with van der Waals surface area (Å²) in [6.45, 7) is 2.97. The zero-order valence-corrected chi connectivity index (χ0v) is 14.0. The number of hydrogen-bond acceptors (Lipinski definition) is 2. The van der Waals surface area contributed by atoms with Gasteiger partial charge < -0.3 is 15.5 Å². The molecule has 0 unspecified atom stereocenters. The van der Waals surface area contributed by atoms with Gasteiger partial charge in [-0.05, 0) is 54.8 Å².